The third kappa shape index (κ3) is 3.33. The summed E-state index contributed by atoms with van der Waals surface area (Å²) in [6.45, 7) is 0. The zero-order valence-electron chi connectivity index (χ0n) is 22.9. The molecule has 0 aliphatic rings. The smallest absolute Gasteiger partial charge is 0.0547 e. The number of hydrogen-bond donors (Lipinski definition) is 0. The van der Waals surface area contributed by atoms with Crippen molar-refractivity contribution in [1.29, 1.82) is 0 Å². The Morgan fingerprint density at radius 1 is 0.310 bits per heavy atom. The normalized spacial score (nSPS) is 11.8. The van der Waals surface area contributed by atoms with Crippen LogP contribution in [0, 0.1) is 0 Å². The lowest BCUT2D eigenvalue weighted by Crippen LogP contribution is -1.93. The zero-order valence-corrected chi connectivity index (χ0v) is 22.9. The Bertz CT molecular complexity index is 2440. The lowest BCUT2D eigenvalue weighted by Gasteiger charge is -2.10. The minimum Gasteiger partial charge on any atom is -0.309 e. The van der Waals surface area contributed by atoms with Crippen LogP contribution in [0.4, 0.5) is 0 Å². The maximum Gasteiger partial charge on any atom is 0.0547 e. The number of nitrogens with zero attached hydrogens (tertiary/aromatic N) is 2. The first-order valence-corrected chi connectivity index (χ1v) is 14.5. The van der Waals surface area contributed by atoms with E-state index in [0.717, 1.165) is 0 Å². The fourth-order valence-corrected chi connectivity index (χ4v) is 6.83. The molecule has 0 aliphatic carbocycles. The van der Waals surface area contributed by atoms with Crippen LogP contribution in [0.15, 0.2) is 158 Å². The van der Waals surface area contributed by atoms with E-state index >= 15 is 0 Å². The van der Waals surface area contributed by atoms with Gasteiger partial charge in [-0.2, -0.15) is 0 Å². The van der Waals surface area contributed by atoms with Crippen molar-refractivity contribution < 1.29 is 0 Å². The summed E-state index contributed by atoms with van der Waals surface area (Å²) in [6, 6.07) is 57.2. The van der Waals surface area contributed by atoms with E-state index in [0.29, 0.717) is 0 Å². The van der Waals surface area contributed by atoms with Crippen molar-refractivity contribution in [2.24, 2.45) is 0 Å². The van der Waals surface area contributed by atoms with Gasteiger partial charge in [-0.1, -0.05) is 97.1 Å². The van der Waals surface area contributed by atoms with Crippen LogP contribution in [0.25, 0.3) is 76.9 Å². The van der Waals surface area contributed by atoms with Gasteiger partial charge in [-0.25, -0.2) is 0 Å². The number of rotatable bonds is 3. The summed E-state index contributed by atoms with van der Waals surface area (Å²) in [5, 5.41) is 7.65. The van der Waals surface area contributed by atoms with Gasteiger partial charge in [-0.05, 0) is 82.6 Å². The molecule has 0 amide bonds. The van der Waals surface area contributed by atoms with Gasteiger partial charge in [0.2, 0.25) is 0 Å². The average Bonchev–Trinajstić information content (AvgIpc) is 3.58. The Hall–Kier alpha value is -5.60. The average molecular weight is 535 g/mol. The SMILES string of the molecule is c1ccc(-n2c3ccccc3c3cc(-c4ccc5ccc6c(c5c4)c4ccccc4n6-c4ccccc4)ccc32)cc1. The van der Waals surface area contributed by atoms with E-state index in [2.05, 4.69) is 167 Å². The van der Waals surface area contributed by atoms with E-state index in [1.165, 1.54) is 76.9 Å². The maximum atomic E-state index is 2.39. The predicted octanol–water partition coefficient (Wildman–Crippen LogP) is 10.7. The molecule has 196 valence electrons. The highest BCUT2D eigenvalue weighted by atomic mass is 15.0. The largest absolute Gasteiger partial charge is 0.309 e. The second kappa shape index (κ2) is 8.95. The Kier molecular flexibility index (Phi) is 4.93. The minimum absolute atomic E-state index is 1.18. The first-order valence-electron chi connectivity index (χ1n) is 14.5. The zero-order chi connectivity index (χ0) is 27.6. The van der Waals surface area contributed by atoms with Gasteiger partial charge in [0.15, 0.2) is 0 Å². The molecule has 0 bridgehead atoms. The summed E-state index contributed by atoms with van der Waals surface area (Å²) >= 11 is 0. The van der Waals surface area contributed by atoms with Crippen molar-refractivity contribution in [2.75, 3.05) is 0 Å². The second-order valence-corrected chi connectivity index (χ2v) is 11.0. The predicted molar refractivity (Wildman–Crippen MR) is 178 cm³/mol. The molecule has 0 atom stereocenters. The standard InChI is InChI=1S/C40H26N2/c1-3-11-30(12-4-1)41-36-17-9-7-15-32(36)35-26-29(22-23-38(35)41)28-20-19-27-21-24-39-40(34(27)25-28)33-16-8-10-18-37(33)42(39)31-13-5-2-6-14-31/h1-26H. The van der Waals surface area contributed by atoms with Crippen molar-refractivity contribution in [2.45, 2.75) is 0 Å². The van der Waals surface area contributed by atoms with Crippen LogP contribution in [-0.2, 0) is 0 Å². The molecule has 7 aromatic carbocycles. The van der Waals surface area contributed by atoms with E-state index in [-0.39, 0.29) is 0 Å². The van der Waals surface area contributed by atoms with Gasteiger partial charge >= 0.3 is 0 Å². The van der Waals surface area contributed by atoms with Gasteiger partial charge in [0, 0.05) is 32.9 Å². The third-order valence-corrected chi connectivity index (χ3v) is 8.69. The van der Waals surface area contributed by atoms with Gasteiger partial charge in [0.25, 0.3) is 0 Å². The van der Waals surface area contributed by atoms with Gasteiger partial charge < -0.3 is 9.13 Å². The molecular weight excluding hydrogens is 508 g/mol. The van der Waals surface area contributed by atoms with E-state index < -0.39 is 0 Å². The van der Waals surface area contributed by atoms with Crippen LogP contribution >= 0.6 is 0 Å². The van der Waals surface area contributed by atoms with Crippen LogP contribution in [-0.4, -0.2) is 9.13 Å². The van der Waals surface area contributed by atoms with Crippen molar-refractivity contribution in [3.05, 3.63) is 158 Å². The molecule has 9 aromatic rings. The summed E-state index contributed by atoms with van der Waals surface area (Å²) < 4.78 is 4.76. The molecule has 0 N–H and O–H groups in total. The number of hydrogen-bond acceptors (Lipinski definition) is 0. The van der Waals surface area contributed by atoms with Gasteiger partial charge in [-0.15, -0.1) is 0 Å². The molecule has 9 rings (SSSR count). The van der Waals surface area contributed by atoms with E-state index in [9.17, 15) is 0 Å². The van der Waals surface area contributed by atoms with Crippen molar-refractivity contribution in [1.82, 2.24) is 9.13 Å². The van der Waals surface area contributed by atoms with E-state index in [1.54, 1.807) is 0 Å². The Labute approximate surface area is 243 Å². The summed E-state index contributed by atoms with van der Waals surface area (Å²) in [7, 11) is 0. The van der Waals surface area contributed by atoms with Crippen molar-refractivity contribution in [3.63, 3.8) is 0 Å². The van der Waals surface area contributed by atoms with E-state index in [1.807, 2.05) is 0 Å². The van der Waals surface area contributed by atoms with Crippen LogP contribution in [0.1, 0.15) is 0 Å². The summed E-state index contributed by atoms with van der Waals surface area (Å²) in [4.78, 5) is 0. The number of fused-ring (bicyclic) bond motifs is 8. The van der Waals surface area contributed by atoms with Crippen molar-refractivity contribution >= 4 is 54.4 Å². The monoisotopic (exact) mass is 534 g/mol. The lowest BCUT2D eigenvalue weighted by atomic mass is 9.97. The molecular formula is C40H26N2. The molecule has 2 heteroatoms. The Balaban J connectivity index is 1.30. The molecule has 0 aliphatic heterocycles. The lowest BCUT2D eigenvalue weighted by molar-refractivity contribution is 1.18. The molecule has 0 fully saturated rings. The Morgan fingerprint density at radius 2 is 0.786 bits per heavy atom. The molecule has 0 radical (unpaired) electrons. The fourth-order valence-electron chi connectivity index (χ4n) is 6.83. The first kappa shape index (κ1) is 23.1. The molecule has 42 heavy (non-hydrogen) atoms. The van der Waals surface area contributed by atoms with Crippen LogP contribution in [0.2, 0.25) is 0 Å². The second-order valence-electron chi connectivity index (χ2n) is 11.0. The van der Waals surface area contributed by atoms with Gasteiger partial charge in [0.05, 0.1) is 22.1 Å². The quantitative estimate of drug-likeness (QED) is 0.213. The molecule has 2 nitrogen and oxygen atoms in total. The summed E-state index contributed by atoms with van der Waals surface area (Å²) in [5.74, 6) is 0. The summed E-state index contributed by atoms with van der Waals surface area (Å²) in [5.41, 5.74) is 9.72. The molecule has 0 saturated heterocycles. The first-order chi connectivity index (χ1) is 20.8. The molecule has 2 aromatic heterocycles. The topological polar surface area (TPSA) is 9.86 Å². The number of aromatic nitrogens is 2. The fraction of sp³-hybridized carbons (Fsp3) is 0. The van der Waals surface area contributed by atoms with Crippen molar-refractivity contribution in [3.8, 4) is 22.5 Å². The van der Waals surface area contributed by atoms with Gasteiger partial charge in [-0.3, -0.25) is 0 Å². The van der Waals surface area contributed by atoms with Crippen LogP contribution in [0.5, 0.6) is 0 Å². The third-order valence-electron chi connectivity index (χ3n) is 8.69. The molecule has 0 spiro atoms. The number of para-hydroxylation sites is 4. The maximum absolute atomic E-state index is 2.39. The highest BCUT2D eigenvalue weighted by Crippen LogP contribution is 2.39. The molecule has 2 heterocycles. The number of benzene rings is 7. The molecule has 0 saturated carbocycles. The molecule has 0 unspecified atom stereocenters. The summed E-state index contributed by atoms with van der Waals surface area (Å²) in [6.07, 6.45) is 0. The van der Waals surface area contributed by atoms with Gasteiger partial charge in [0.1, 0.15) is 0 Å². The minimum atomic E-state index is 1.18. The van der Waals surface area contributed by atoms with Crippen LogP contribution < -0.4 is 0 Å². The highest BCUT2D eigenvalue weighted by molar-refractivity contribution is 6.22. The van der Waals surface area contributed by atoms with Crippen LogP contribution in [0.3, 0.4) is 0 Å². The highest BCUT2D eigenvalue weighted by Gasteiger charge is 2.16. The Morgan fingerprint density at radius 3 is 1.50 bits per heavy atom. The van der Waals surface area contributed by atoms with E-state index in [4.69, 9.17) is 0 Å².